The number of ether oxygens (including phenoxy) is 1. The molecule has 0 unspecified atom stereocenters. The second-order valence-corrected chi connectivity index (χ2v) is 8.57. The Morgan fingerprint density at radius 3 is 2.30 bits per heavy atom. The Morgan fingerprint density at radius 2 is 1.67 bits per heavy atom. The molecule has 0 spiro atoms. The molecule has 4 rings (SSSR count). The minimum atomic E-state index is -0.542. The molecule has 6 nitrogen and oxygen atoms in total. The Morgan fingerprint density at radius 1 is 0.970 bits per heavy atom. The van der Waals surface area contributed by atoms with E-state index >= 15 is 0 Å². The molecule has 0 N–H and O–H groups in total. The summed E-state index contributed by atoms with van der Waals surface area (Å²) in [5.41, 5.74) is 5.80. The quantitative estimate of drug-likeness (QED) is 0.396. The maximum absolute atomic E-state index is 12.8. The molecule has 0 radical (unpaired) electrons. The van der Waals surface area contributed by atoms with E-state index in [4.69, 9.17) is 4.74 Å². The number of benzene rings is 2. The van der Waals surface area contributed by atoms with Crippen LogP contribution in [0.5, 0.6) is 0 Å². The normalized spacial score (nSPS) is 13.4. The first-order valence-corrected chi connectivity index (χ1v) is 11.2. The minimum absolute atomic E-state index is 0.165. The third-order valence-corrected chi connectivity index (χ3v) is 6.09. The molecule has 33 heavy (non-hydrogen) atoms. The highest BCUT2D eigenvalue weighted by Crippen LogP contribution is 2.22. The van der Waals surface area contributed by atoms with Crippen LogP contribution in [-0.4, -0.2) is 40.3 Å². The molecule has 1 fully saturated rings. The summed E-state index contributed by atoms with van der Waals surface area (Å²) in [6.45, 7) is 6.88. The number of esters is 1. The molecule has 3 aromatic rings. The van der Waals surface area contributed by atoms with Crippen LogP contribution in [0.2, 0.25) is 0 Å². The van der Waals surface area contributed by atoms with Crippen molar-refractivity contribution in [3.05, 3.63) is 88.2 Å². The van der Waals surface area contributed by atoms with Crippen molar-refractivity contribution >= 4 is 17.7 Å². The second kappa shape index (κ2) is 9.45. The summed E-state index contributed by atoms with van der Waals surface area (Å²) in [7, 11) is 0. The van der Waals surface area contributed by atoms with Gasteiger partial charge in [0.15, 0.2) is 6.61 Å². The molecule has 6 heteroatoms. The number of nitrogens with zero attached hydrogens (tertiary/aromatic N) is 2. The molecular formula is C27H28N2O4. The van der Waals surface area contributed by atoms with E-state index in [2.05, 4.69) is 0 Å². The van der Waals surface area contributed by atoms with Crippen LogP contribution in [0.1, 0.15) is 56.1 Å². The molecule has 1 amide bonds. The molecule has 0 atom stereocenters. The molecule has 1 aliphatic heterocycles. The van der Waals surface area contributed by atoms with E-state index in [1.165, 1.54) is 5.56 Å². The zero-order chi connectivity index (χ0) is 23.5. The van der Waals surface area contributed by atoms with Crippen molar-refractivity contribution in [1.29, 1.82) is 0 Å². The number of rotatable bonds is 7. The van der Waals surface area contributed by atoms with Crippen LogP contribution in [-0.2, 0) is 16.1 Å². The van der Waals surface area contributed by atoms with E-state index in [0.717, 1.165) is 35.6 Å². The summed E-state index contributed by atoms with van der Waals surface area (Å²) in [4.78, 5) is 38.9. The maximum Gasteiger partial charge on any atom is 0.338 e. The molecule has 2 heterocycles. The van der Waals surface area contributed by atoms with Gasteiger partial charge in [0.05, 0.1) is 5.56 Å². The van der Waals surface area contributed by atoms with Crippen LogP contribution >= 0.6 is 0 Å². The number of hydrogen-bond donors (Lipinski definition) is 0. The lowest BCUT2D eigenvalue weighted by Gasteiger charge is -2.15. The number of likely N-dealkylation sites (tertiary alicyclic amines) is 1. The Hall–Kier alpha value is -3.67. The molecule has 0 bridgehead atoms. The Balaban J connectivity index is 1.38. The number of ketones is 1. The van der Waals surface area contributed by atoms with E-state index in [1.807, 2.05) is 72.7 Å². The fraction of sp³-hybridized carbons (Fsp3) is 0.296. The Kier molecular flexibility index (Phi) is 6.45. The lowest BCUT2D eigenvalue weighted by atomic mass is 10.1. The van der Waals surface area contributed by atoms with Crippen molar-refractivity contribution in [2.24, 2.45) is 0 Å². The lowest BCUT2D eigenvalue weighted by molar-refractivity contribution is -0.128. The first kappa shape index (κ1) is 22.5. The van der Waals surface area contributed by atoms with Gasteiger partial charge in [0.1, 0.15) is 0 Å². The molecular weight excluding hydrogens is 416 g/mol. The summed E-state index contributed by atoms with van der Waals surface area (Å²) >= 11 is 0. The molecule has 170 valence electrons. The van der Waals surface area contributed by atoms with Gasteiger partial charge in [0.2, 0.25) is 11.7 Å². The lowest BCUT2D eigenvalue weighted by Crippen LogP contribution is -2.23. The van der Waals surface area contributed by atoms with Crippen LogP contribution in [0.3, 0.4) is 0 Å². The van der Waals surface area contributed by atoms with Gasteiger partial charge in [-0.05, 0) is 63.1 Å². The number of aromatic nitrogens is 1. The van der Waals surface area contributed by atoms with Gasteiger partial charge in [0.25, 0.3) is 0 Å². The molecule has 2 aromatic carbocycles. The predicted octanol–water partition coefficient (Wildman–Crippen LogP) is 4.56. The van der Waals surface area contributed by atoms with Crippen LogP contribution in [0.25, 0.3) is 5.69 Å². The standard InChI is InChI=1S/C27H28N2O4/c1-18-6-12-23(13-7-18)29-19(2)15-24(20(29)3)25(30)17-33-27(32)22-10-8-21(9-11-22)16-28-14-4-5-26(28)31/h6-13,15H,4-5,14,16-17H2,1-3H3. The topological polar surface area (TPSA) is 68.6 Å². The SMILES string of the molecule is Cc1ccc(-n2c(C)cc(C(=O)COC(=O)c3ccc(CN4CCCC4=O)cc3)c2C)cc1. The largest absolute Gasteiger partial charge is 0.454 e. The van der Waals surface area contributed by atoms with Crippen molar-refractivity contribution in [2.45, 2.75) is 40.2 Å². The van der Waals surface area contributed by atoms with E-state index < -0.39 is 5.97 Å². The summed E-state index contributed by atoms with van der Waals surface area (Å²) in [5.74, 6) is -0.614. The summed E-state index contributed by atoms with van der Waals surface area (Å²) in [6.07, 6.45) is 1.50. The van der Waals surface area contributed by atoms with Gasteiger partial charge in [-0.1, -0.05) is 29.8 Å². The van der Waals surface area contributed by atoms with Crippen LogP contribution in [0.15, 0.2) is 54.6 Å². The molecule has 1 saturated heterocycles. The number of Topliss-reactive ketones (excluding diaryl/α,β-unsaturated/α-hetero) is 1. The van der Waals surface area contributed by atoms with Crippen molar-refractivity contribution in [3.63, 3.8) is 0 Å². The Labute approximate surface area is 193 Å². The highest BCUT2D eigenvalue weighted by molar-refractivity contribution is 6.00. The van der Waals surface area contributed by atoms with E-state index in [9.17, 15) is 14.4 Å². The third kappa shape index (κ3) is 4.90. The number of carbonyl (C=O) groups is 3. The van der Waals surface area contributed by atoms with Gasteiger partial charge in [-0.2, -0.15) is 0 Å². The van der Waals surface area contributed by atoms with Crippen molar-refractivity contribution in [1.82, 2.24) is 9.47 Å². The van der Waals surface area contributed by atoms with Crippen molar-refractivity contribution in [3.8, 4) is 5.69 Å². The third-order valence-electron chi connectivity index (χ3n) is 6.09. The van der Waals surface area contributed by atoms with Gasteiger partial charge >= 0.3 is 5.97 Å². The summed E-state index contributed by atoms with van der Waals surface area (Å²) < 4.78 is 7.32. The fourth-order valence-electron chi connectivity index (χ4n) is 4.27. The monoisotopic (exact) mass is 444 g/mol. The average Bonchev–Trinajstić information content (AvgIpc) is 3.34. The van der Waals surface area contributed by atoms with Crippen LogP contribution < -0.4 is 0 Å². The van der Waals surface area contributed by atoms with Gasteiger partial charge in [-0.15, -0.1) is 0 Å². The van der Waals surface area contributed by atoms with Gasteiger partial charge in [-0.25, -0.2) is 4.79 Å². The Bertz CT molecular complexity index is 1190. The zero-order valence-electron chi connectivity index (χ0n) is 19.3. The van der Waals surface area contributed by atoms with Gasteiger partial charge < -0.3 is 14.2 Å². The first-order valence-electron chi connectivity index (χ1n) is 11.2. The van der Waals surface area contributed by atoms with Crippen LogP contribution in [0.4, 0.5) is 0 Å². The smallest absolute Gasteiger partial charge is 0.338 e. The molecule has 1 aliphatic rings. The summed E-state index contributed by atoms with van der Waals surface area (Å²) in [6, 6.07) is 16.9. The molecule has 0 saturated carbocycles. The number of carbonyl (C=O) groups excluding carboxylic acids is 3. The minimum Gasteiger partial charge on any atom is -0.454 e. The highest BCUT2D eigenvalue weighted by atomic mass is 16.5. The first-order chi connectivity index (χ1) is 15.8. The van der Waals surface area contributed by atoms with E-state index in [0.29, 0.717) is 24.1 Å². The summed E-state index contributed by atoms with van der Waals surface area (Å²) in [5, 5.41) is 0. The number of aryl methyl sites for hydroxylation is 2. The number of amides is 1. The van der Waals surface area contributed by atoms with E-state index in [-0.39, 0.29) is 18.3 Å². The molecule has 0 aliphatic carbocycles. The fourth-order valence-corrected chi connectivity index (χ4v) is 4.27. The van der Waals surface area contributed by atoms with Crippen LogP contribution in [0, 0.1) is 20.8 Å². The van der Waals surface area contributed by atoms with Crippen molar-refractivity contribution in [2.75, 3.05) is 13.2 Å². The molecule has 1 aromatic heterocycles. The van der Waals surface area contributed by atoms with Crippen molar-refractivity contribution < 1.29 is 19.1 Å². The zero-order valence-corrected chi connectivity index (χ0v) is 19.3. The second-order valence-electron chi connectivity index (χ2n) is 8.57. The van der Waals surface area contributed by atoms with Gasteiger partial charge in [-0.3, -0.25) is 9.59 Å². The number of hydrogen-bond acceptors (Lipinski definition) is 4. The predicted molar refractivity (Wildman–Crippen MR) is 126 cm³/mol. The van der Waals surface area contributed by atoms with E-state index in [1.54, 1.807) is 12.1 Å². The highest BCUT2D eigenvalue weighted by Gasteiger charge is 2.21. The van der Waals surface area contributed by atoms with Gasteiger partial charge in [0, 0.05) is 42.1 Å². The maximum atomic E-state index is 12.8. The average molecular weight is 445 g/mol.